The molecule has 1 aliphatic carbocycles. The first-order chi connectivity index (χ1) is 7.97. The molecule has 17 heavy (non-hydrogen) atoms. The summed E-state index contributed by atoms with van der Waals surface area (Å²) in [5.74, 6) is 0. The second kappa shape index (κ2) is 6.19. The Labute approximate surface area is 108 Å². The van der Waals surface area contributed by atoms with Gasteiger partial charge in [0.15, 0.2) is 0 Å². The highest BCUT2D eigenvalue weighted by Gasteiger charge is 2.36. The summed E-state index contributed by atoms with van der Waals surface area (Å²) in [6, 6.07) is 0.687. The lowest BCUT2D eigenvalue weighted by Gasteiger charge is -2.37. The zero-order valence-corrected chi connectivity index (χ0v) is 12.3. The van der Waals surface area contributed by atoms with Crippen molar-refractivity contribution in [2.24, 2.45) is 11.1 Å². The molecule has 1 fully saturated rings. The van der Waals surface area contributed by atoms with E-state index in [1.165, 1.54) is 44.9 Å². The second-order valence-electron chi connectivity index (χ2n) is 6.73. The van der Waals surface area contributed by atoms with E-state index in [-0.39, 0.29) is 5.54 Å². The van der Waals surface area contributed by atoms with Crippen LogP contribution in [0, 0.1) is 5.41 Å². The van der Waals surface area contributed by atoms with Crippen LogP contribution in [0.1, 0.15) is 72.6 Å². The van der Waals surface area contributed by atoms with Crippen LogP contribution in [0.15, 0.2) is 0 Å². The molecule has 0 spiro atoms. The van der Waals surface area contributed by atoms with E-state index < -0.39 is 0 Å². The molecule has 0 saturated heterocycles. The minimum absolute atomic E-state index is 0.203. The number of hydrogen-bond donors (Lipinski definition) is 2. The van der Waals surface area contributed by atoms with Gasteiger partial charge in [-0.15, -0.1) is 0 Å². The summed E-state index contributed by atoms with van der Waals surface area (Å²) in [7, 11) is 0. The maximum atomic E-state index is 6.06. The summed E-state index contributed by atoms with van der Waals surface area (Å²) in [5, 5.41) is 3.91. The monoisotopic (exact) mass is 240 g/mol. The van der Waals surface area contributed by atoms with E-state index in [1.54, 1.807) is 0 Å². The SMILES string of the molecule is CCCC(CN)(CCC)NC1CCC(C)(C)C1. The quantitative estimate of drug-likeness (QED) is 0.715. The van der Waals surface area contributed by atoms with Crippen LogP contribution >= 0.6 is 0 Å². The Bertz CT molecular complexity index is 217. The van der Waals surface area contributed by atoms with Crippen molar-refractivity contribution >= 4 is 0 Å². The van der Waals surface area contributed by atoms with E-state index in [0.29, 0.717) is 11.5 Å². The molecule has 3 N–H and O–H groups in total. The highest BCUT2D eigenvalue weighted by Crippen LogP contribution is 2.38. The predicted octanol–water partition coefficient (Wildman–Crippen LogP) is 3.45. The van der Waals surface area contributed by atoms with Crippen molar-refractivity contribution in [1.82, 2.24) is 5.32 Å². The van der Waals surface area contributed by atoms with Crippen molar-refractivity contribution in [3.63, 3.8) is 0 Å². The van der Waals surface area contributed by atoms with Gasteiger partial charge >= 0.3 is 0 Å². The van der Waals surface area contributed by atoms with Crippen molar-refractivity contribution < 1.29 is 0 Å². The Morgan fingerprint density at radius 1 is 1.24 bits per heavy atom. The Hall–Kier alpha value is -0.0800. The van der Waals surface area contributed by atoms with Crippen LogP contribution < -0.4 is 11.1 Å². The first kappa shape index (κ1) is 15.0. The topological polar surface area (TPSA) is 38.0 Å². The molecule has 0 amide bonds. The molecule has 1 saturated carbocycles. The van der Waals surface area contributed by atoms with Gasteiger partial charge in [0.1, 0.15) is 0 Å². The Morgan fingerprint density at radius 3 is 2.18 bits per heavy atom. The summed E-state index contributed by atoms with van der Waals surface area (Å²) in [5.41, 5.74) is 6.79. The molecule has 2 nitrogen and oxygen atoms in total. The van der Waals surface area contributed by atoms with Gasteiger partial charge in [0, 0.05) is 18.1 Å². The van der Waals surface area contributed by atoms with Crippen molar-refractivity contribution in [2.45, 2.75) is 84.2 Å². The number of nitrogens with two attached hydrogens (primary N) is 1. The third kappa shape index (κ3) is 4.26. The fourth-order valence-corrected chi connectivity index (χ4v) is 3.48. The first-order valence-corrected chi connectivity index (χ1v) is 7.45. The first-order valence-electron chi connectivity index (χ1n) is 7.45. The van der Waals surface area contributed by atoms with Gasteiger partial charge < -0.3 is 11.1 Å². The molecular formula is C15H32N2. The minimum Gasteiger partial charge on any atom is -0.329 e. The van der Waals surface area contributed by atoms with Crippen LogP contribution in [-0.2, 0) is 0 Å². The number of nitrogens with one attached hydrogen (secondary N) is 1. The zero-order valence-electron chi connectivity index (χ0n) is 12.3. The molecule has 0 aromatic rings. The lowest BCUT2D eigenvalue weighted by molar-refractivity contribution is 0.241. The number of rotatable bonds is 7. The van der Waals surface area contributed by atoms with Gasteiger partial charge in [-0.1, -0.05) is 40.5 Å². The standard InChI is InChI=1S/C15H32N2/c1-5-8-15(12-16,9-6-2)17-13-7-10-14(3,4)11-13/h13,17H,5-12,16H2,1-4H3. The Balaban J connectivity index is 2.59. The van der Waals surface area contributed by atoms with Crippen LogP contribution in [0.25, 0.3) is 0 Å². The van der Waals surface area contributed by atoms with E-state index in [2.05, 4.69) is 33.0 Å². The summed E-state index contributed by atoms with van der Waals surface area (Å²) in [6.45, 7) is 10.1. The third-order valence-corrected chi connectivity index (χ3v) is 4.33. The lowest BCUT2D eigenvalue weighted by atomic mass is 9.86. The van der Waals surface area contributed by atoms with Crippen molar-refractivity contribution in [2.75, 3.05) is 6.54 Å². The van der Waals surface area contributed by atoms with Crippen molar-refractivity contribution in [3.8, 4) is 0 Å². The Kier molecular flexibility index (Phi) is 5.46. The molecule has 0 aliphatic heterocycles. The molecule has 0 aromatic carbocycles. The molecule has 0 bridgehead atoms. The van der Waals surface area contributed by atoms with E-state index in [4.69, 9.17) is 5.73 Å². The van der Waals surface area contributed by atoms with Gasteiger partial charge in [0.2, 0.25) is 0 Å². The van der Waals surface area contributed by atoms with Gasteiger partial charge in [-0.25, -0.2) is 0 Å². The zero-order chi connectivity index (χ0) is 12.9. The lowest BCUT2D eigenvalue weighted by Crippen LogP contribution is -2.54. The molecule has 2 heteroatoms. The molecule has 1 unspecified atom stereocenters. The normalized spacial score (nSPS) is 24.2. The van der Waals surface area contributed by atoms with Crippen molar-refractivity contribution in [3.05, 3.63) is 0 Å². The van der Waals surface area contributed by atoms with Gasteiger partial charge in [-0.3, -0.25) is 0 Å². The van der Waals surface area contributed by atoms with E-state index in [9.17, 15) is 0 Å². The fourth-order valence-electron chi connectivity index (χ4n) is 3.48. The summed E-state index contributed by atoms with van der Waals surface area (Å²) in [6.07, 6.45) is 8.86. The van der Waals surface area contributed by atoms with Crippen LogP contribution in [0.4, 0.5) is 0 Å². The smallest absolute Gasteiger partial charge is 0.0306 e. The average Bonchev–Trinajstić information content (AvgIpc) is 2.58. The highest BCUT2D eigenvalue weighted by atomic mass is 15.0. The maximum Gasteiger partial charge on any atom is 0.0306 e. The molecule has 0 aromatic heterocycles. The molecule has 1 aliphatic rings. The third-order valence-electron chi connectivity index (χ3n) is 4.33. The van der Waals surface area contributed by atoms with E-state index >= 15 is 0 Å². The molecule has 0 radical (unpaired) electrons. The summed E-state index contributed by atoms with van der Waals surface area (Å²) < 4.78 is 0. The molecule has 1 rings (SSSR count). The predicted molar refractivity (Wildman–Crippen MR) is 76.2 cm³/mol. The van der Waals surface area contributed by atoms with Gasteiger partial charge in [0.05, 0.1) is 0 Å². The average molecular weight is 240 g/mol. The van der Waals surface area contributed by atoms with E-state index in [0.717, 1.165) is 6.54 Å². The highest BCUT2D eigenvalue weighted by molar-refractivity contribution is 4.95. The van der Waals surface area contributed by atoms with E-state index in [1.807, 2.05) is 0 Å². The maximum absolute atomic E-state index is 6.06. The van der Waals surface area contributed by atoms with Crippen LogP contribution in [0.3, 0.4) is 0 Å². The van der Waals surface area contributed by atoms with Gasteiger partial charge in [-0.05, 0) is 37.5 Å². The molecular weight excluding hydrogens is 208 g/mol. The fraction of sp³-hybridized carbons (Fsp3) is 1.00. The number of hydrogen-bond acceptors (Lipinski definition) is 2. The summed E-state index contributed by atoms with van der Waals surface area (Å²) in [4.78, 5) is 0. The largest absolute Gasteiger partial charge is 0.329 e. The minimum atomic E-state index is 0.203. The summed E-state index contributed by atoms with van der Waals surface area (Å²) >= 11 is 0. The molecule has 1 atom stereocenters. The second-order valence-corrected chi connectivity index (χ2v) is 6.73. The van der Waals surface area contributed by atoms with Crippen LogP contribution in [-0.4, -0.2) is 18.1 Å². The van der Waals surface area contributed by atoms with Crippen LogP contribution in [0.2, 0.25) is 0 Å². The van der Waals surface area contributed by atoms with Crippen molar-refractivity contribution in [1.29, 1.82) is 0 Å². The molecule has 102 valence electrons. The van der Waals surface area contributed by atoms with Gasteiger partial charge in [0.25, 0.3) is 0 Å². The molecule has 0 heterocycles. The Morgan fingerprint density at radius 2 is 1.82 bits per heavy atom. The van der Waals surface area contributed by atoms with Gasteiger partial charge in [-0.2, -0.15) is 0 Å². The van der Waals surface area contributed by atoms with Crippen LogP contribution in [0.5, 0.6) is 0 Å².